The van der Waals surface area contributed by atoms with E-state index in [1.165, 1.54) is 36.4 Å². The summed E-state index contributed by atoms with van der Waals surface area (Å²) in [5.41, 5.74) is 2.36. The van der Waals surface area contributed by atoms with Crippen molar-refractivity contribution in [2.45, 2.75) is 93.2 Å². The molecule has 312 valence electrons. The van der Waals surface area contributed by atoms with Gasteiger partial charge >= 0.3 is 18.0 Å². The van der Waals surface area contributed by atoms with Crippen LogP contribution in [0.3, 0.4) is 0 Å². The molecule has 15 nitrogen and oxygen atoms in total. The van der Waals surface area contributed by atoms with E-state index in [9.17, 15) is 25.3 Å². The van der Waals surface area contributed by atoms with Gasteiger partial charge in [0, 0.05) is 0 Å². The molecule has 4 rings (SSSR count). The summed E-state index contributed by atoms with van der Waals surface area (Å²) in [7, 11) is -12.3. The lowest BCUT2D eigenvalue weighted by atomic mass is 9.87. The number of hydrogen-bond donors (Lipinski definition) is 0. The summed E-state index contributed by atoms with van der Waals surface area (Å²) >= 11 is 0. The number of ether oxygens (including phenoxy) is 3. The Morgan fingerprint density at radius 2 is 0.579 bits per heavy atom. The molecule has 0 radical (unpaired) electrons. The third-order valence-corrected chi connectivity index (χ3v) is 12.2. The largest absolute Gasteiger partial charge is 0.461 e. The molecule has 0 fully saturated rings. The Morgan fingerprint density at radius 1 is 0.368 bits per heavy atom. The van der Waals surface area contributed by atoms with Crippen molar-refractivity contribution < 1.29 is 52.0 Å². The fourth-order valence-corrected chi connectivity index (χ4v) is 7.59. The van der Waals surface area contributed by atoms with Gasteiger partial charge in [-0.3, -0.25) is 12.5 Å². The van der Waals surface area contributed by atoms with E-state index in [4.69, 9.17) is 26.8 Å². The smallest absolute Gasteiger partial charge is 0.325 e. The summed E-state index contributed by atoms with van der Waals surface area (Å²) in [6, 6.07) is 18.0. The average Bonchev–Trinajstić information content (AvgIpc) is 3.13. The summed E-state index contributed by atoms with van der Waals surface area (Å²) in [5.74, 6) is 0. The molecule has 0 aliphatic carbocycles. The number of hydrogen-bond acceptors (Lipinski definition) is 15. The third-order valence-electron chi connectivity index (χ3n) is 8.26. The minimum Gasteiger partial charge on any atom is -0.461 e. The summed E-state index contributed by atoms with van der Waals surface area (Å²) in [6.07, 6.45) is 0. The van der Waals surface area contributed by atoms with Crippen molar-refractivity contribution in [3.8, 4) is 18.0 Å². The van der Waals surface area contributed by atoms with Crippen LogP contribution in [-0.2, 0) is 59.1 Å². The molecule has 0 aliphatic heterocycles. The van der Waals surface area contributed by atoms with Crippen molar-refractivity contribution in [1.29, 1.82) is 0 Å². The van der Waals surface area contributed by atoms with Gasteiger partial charge in [-0.25, -0.2) is 0 Å². The molecule has 1 heterocycles. The predicted octanol–water partition coefficient (Wildman–Crippen LogP) is 6.12. The highest BCUT2D eigenvalue weighted by Crippen LogP contribution is 2.27. The fourth-order valence-electron chi connectivity index (χ4n) is 4.91. The van der Waals surface area contributed by atoms with Crippen molar-refractivity contribution in [2.75, 3.05) is 39.6 Å². The number of aromatic nitrogens is 3. The van der Waals surface area contributed by atoms with Gasteiger partial charge < -0.3 is 14.2 Å². The Bertz CT molecular complexity index is 2010. The van der Waals surface area contributed by atoms with Gasteiger partial charge in [0.05, 0.1) is 14.7 Å². The molecule has 4 aromatic rings. The van der Waals surface area contributed by atoms with Gasteiger partial charge in [0.1, 0.15) is 39.6 Å². The number of benzene rings is 3. The highest BCUT2D eigenvalue weighted by Gasteiger charge is 2.22. The molecule has 57 heavy (non-hydrogen) atoms. The van der Waals surface area contributed by atoms with E-state index in [-0.39, 0.29) is 68.8 Å². The van der Waals surface area contributed by atoms with Gasteiger partial charge in [0.2, 0.25) is 0 Å². The molecule has 3 aromatic carbocycles. The second-order valence-corrected chi connectivity index (χ2v) is 20.7. The van der Waals surface area contributed by atoms with Crippen LogP contribution in [0.2, 0.25) is 0 Å². The van der Waals surface area contributed by atoms with E-state index in [2.05, 4.69) is 15.0 Å². The maximum atomic E-state index is 12.8. The molecule has 18 heteroatoms. The van der Waals surface area contributed by atoms with Gasteiger partial charge in [0.25, 0.3) is 30.4 Å². The van der Waals surface area contributed by atoms with Crippen LogP contribution in [-0.4, -0.2) is 79.8 Å². The van der Waals surface area contributed by atoms with Gasteiger partial charge in [-0.05, 0) is 69.3 Å². The third kappa shape index (κ3) is 13.4. The van der Waals surface area contributed by atoms with Crippen LogP contribution in [0.25, 0.3) is 0 Å². The minimum atomic E-state index is -4.11. The quantitative estimate of drug-likeness (QED) is 0.0820. The zero-order valence-electron chi connectivity index (χ0n) is 33.6. The first-order valence-electron chi connectivity index (χ1n) is 18.0. The van der Waals surface area contributed by atoms with E-state index in [1.807, 2.05) is 62.3 Å². The van der Waals surface area contributed by atoms with Crippen molar-refractivity contribution in [2.24, 2.45) is 0 Å². The first-order chi connectivity index (χ1) is 26.4. The second-order valence-electron chi connectivity index (χ2n) is 15.9. The van der Waals surface area contributed by atoms with Crippen LogP contribution >= 0.6 is 0 Å². The van der Waals surface area contributed by atoms with Crippen molar-refractivity contribution in [3.05, 3.63) is 89.5 Å². The monoisotopic (exact) mass is 849 g/mol. The van der Waals surface area contributed by atoms with Crippen LogP contribution in [0.1, 0.15) is 79.0 Å². The lowest BCUT2D eigenvalue weighted by Crippen LogP contribution is -2.17. The number of rotatable bonds is 18. The Morgan fingerprint density at radius 3 is 0.772 bits per heavy atom. The maximum Gasteiger partial charge on any atom is 0.325 e. The van der Waals surface area contributed by atoms with Crippen molar-refractivity contribution >= 4 is 30.4 Å². The average molecular weight is 850 g/mol. The molecule has 0 bridgehead atoms. The molecular formula is C39H51N3O12S3. The van der Waals surface area contributed by atoms with Gasteiger partial charge in [0.15, 0.2) is 0 Å². The molecule has 0 amide bonds. The van der Waals surface area contributed by atoms with Crippen LogP contribution in [0.15, 0.2) is 87.5 Å². The Labute approximate surface area is 336 Å². The zero-order valence-corrected chi connectivity index (χ0v) is 36.1. The van der Waals surface area contributed by atoms with Crippen molar-refractivity contribution in [1.82, 2.24) is 15.0 Å². The lowest BCUT2D eigenvalue weighted by molar-refractivity contribution is 0.177. The molecular weight excluding hydrogens is 799 g/mol. The Balaban J connectivity index is 1.39. The first kappa shape index (κ1) is 45.5. The maximum absolute atomic E-state index is 12.8. The number of nitrogens with zero attached hydrogens (tertiary/aromatic N) is 3. The summed E-state index contributed by atoms with van der Waals surface area (Å²) in [4.78, 5) is 12.0. The SMILES string of the molecule is CC(C)(C)c1ccc(S(=O)(=O)OCCOc2nc(OCCOS(=O)(=O)c3ccc(C(C)(C)C)cc3)nc(OCCOS(=O)(=O)c3ccc(C(C)(C)C)cc3)n2)cc1. The van der Waals surface area contributed by atoms with Crippen LogP contribution < -0.4 is 14.2 Å². The Hall–Kier alpha value is -4.20. The second kappa shape index (κ2) is 18.2. The van der Waals surface area contributed by atoms with Crippen molar-refractivity contribution in [3.63, 3.8) is 0 Å². The zero-order chi connectivity index (χ0) is 42.3. The van der Waals surface area contributed by atoms with E-state index >= 15 is 0 Å². The lowest BCUT2D eigenvalue weighted by Gasteiger charge is -2.19. The van der Waals surface area contributed by atoms with Crippen LogP contribution in [0.4, 0.5) is 0 Å². The molecule has 0 N–H and O–H groups in total. The topological polar surface area (TPSA) is 196 Å². The van der Waals surface area contributed by atoms with Crippen LogP contribution in [0, 0.1) is 0 Å². The molecule has 0 atom stereocenters. The minimum absolute atomic E-state index is 0.0284. The molecule has 1 aromatic heterocycles. The normalized spacial score (nSPS) is 13.0. The Kier molecular flexibility index (Phi) is 14.5. The fraction of sp³-hybridized carbons (Fsp3) is 0.462. The summed E-state index contributed by atoms with van der Waals surface area (Å²) < 4.78 is 109. The van der Waals surface area contributed by atoms with Crippen LogP contribution in [0.5, 0.6) is 18.0 Å². The molecule has 0 spiro atoms. The van der Waals surface area contributed by atoms with E-state index < -0.39 is 50.2 Å². The van der Waals surface area contributed by atoms with E-state index in [0.717, 1.165) is 16.7 Å². The van der Waals surface area contributed by atoms with E-state index in [1.54, 1.807) is 36.4 Å². The molecule has 0 unspecified atom stereocenters. The standard InChI is InChI=1S/C39H51N3O12S3/c1-37(2,3)28-10-16-31(17-11-28)55(43,44)52-25-22-49-34-40-35(50-23-26-53-56(45,46)32-18-12-29(13-19-32)38(4,5)6)42-36(41-34)51-24-27-54-57(47,48)33-20-14-30(15-21-33)39(7,8)9/h10-21H,22-27H2,1-9H3. The highest BCUT2D eigenvalue weighted by molar-refractivity contribution is 7.87. The molecule has 0 saturated heterocycles. The highest BCUT2D eigenvalue weighted by atomic mass is 32.2. The summed E-state index contributed by atoms with van der Waals surface area (Å²) in [5, 5.41) is 0. The molecule has 0 aliphatic rings. The van der Waals surface area contributed by atoms with Gasteiger partial charge in [-0.15, -0.1) is 15.0 Å². The molecule has 0 saturated carbocycles. The van der Waals surface area contributed by atoms with E-state index in [0.29, 0.717) is 0 Å². The first-order valence-corrected chi connectivity index (χ1v) is 22.2. The summed E-state index contributed by atoms with van der Waals surface area (Å²) in [6.45, 7) is 15.9. The predicted molar refractivity (Wildman–Crippen MR) is 211 cm³/mol. The van der Waals surface area contributed by atoms with Gasteiger partial charge in [-0.1, -0.05) is 98.7 Å². The van der Waals surface area contributed by atoms with Gasteiger partial charge in [-0.2, -0.15) is 25.3 Å².